The van der Waals surface area contributed by atoms with E-state index in [2.05, 4.69) is 25.7 Å². The number of halogens is 4. The maximum absolute atomic E-state index is 13.7. The molecule has 0 saturated carbocycles. The number of pyridine rings is 1. The highest BCUT2D eigenvalue weighted by Gasteiger charge is 2.28. The second-order valence-corrected chi connectivity index (χ2v) is 7.41. The summed E-state index contributed by atoms with van der Waals surface area (Å²) in [5, 5.41) is 15.3. The van der Waals surface area contributed by atoms with Gasteiger partial charge in [0.1, 0.15) is 18.5 Å². The van der Waals surface area contributed by atoms with Gasteiger partial charge in [0.05, 0.1) is 6.04 Å². The van der Waals surface area contributed by atoms with Crippen molar-refractivity contribution in [2.45, 2.75) is 31.8 Å². The quantitative estimate of drug-likeness (QED) is 0.191. The molecule has 0 aliphatic heterocycles. The maximum atomic E-state index is 13.7. The van der Waals surface area contributed by atoms with E-state index in [0.717, 1.165) is 6.92 Å². The van der Waals surface area contributed by atoms with Crippen molar-refractivity contribution in [1.29, 1.82) is 0 Å². The molecule has 1 aromatic carbocycles. The molecule has 2 rings (SSSR count). The number of Topliss-reactive ketones (excluding diaryl/α,β-unsaturated/α-hetero) is 1. The van der Waals surface area contributed by atoms with Gasteiger partial charge in [-0.3, -0.25) is 24.0 Å². The third-order valence-electron chi connectivity index (χ3n) is 4.64. The lowest BCUT2D eigenvalue weighted by Gasteiger charge is -2.20. The first-order valence-corrected chi connectivity index (χ1v) is 10.4. The molecule has 15 heteroatoms. The van der Waals surface area contributed by atoms with E-state index < -0.39 is 90.0 Å². The molecule has 0 bridgehead atoms. The van der Waals surface area contributed by atoms with E-state index in [1.807, 2.05) is 0 Å². The molecular weight excluding hydrogens is 508 g/mol. The van der Waals surface area contributed by atoms with Crippen LogP contribution in [0.5, 0.6) is 5.75 Å². The minimum absolute atomic E-state index is 0.0603. The second kappa shape index (κ2) is 12.9. The van der Waals surface area contributed by atoms with Gasteiger partial charge in [0, 0.05) is 18.7 Å². The lowest BCUT2D eigenvalue weighted by atomic mass is 10.1. The van der Waals surface area contributed by atoms with Crippen LogP contribution >= 0.6 is 0 Å². The molecule has 0 aliphatic carbocycles. The van der Waals surface area contributed by atoms with Gasteiger partial charge in [0.25, 0.3) is 0 Å². The van der Waals surface area contributed by atoms with Crippen molar-refractivity contribution in [3.8, 4) is 5.75 Å². The minimum atomic E-state index is -1.90. The Balaban J connectivity index is 2.03. The van der Waals surface area contributed by atoms with Crippen LogP contribution in [0.3, 0.4) is 0 Å². The first kappa shape index (κ1) is 28.7. The molecule has 0 fully saturated rings. The topological polar surface area (TPSA) is 164 Å². The number of carbonyl (C=O) groups is 5. The normalized spacial score (nSPS) is 12.1. The van der Waals surface area contributed by atoms with E-state index >= 15 is 0 Å². The average Bonchev–Trinajstić information content (AvgIpc) is 2.85. The number of carboxylic acid groups (broad SMARTS) is 1. The number of benzene rings is 1. The highest BCUT2D eigenvalue weighted by atomic mass is 19.2. The molecule has 4 N–H and O–H groups in total. The minimum Gasteiger partial charge on any atom is -0.481 e. The predicted octanol–water partition coefficient (Wildman–Crippen LogP) is 1.08. The fraction of sp³-hybridized carbons (Fsp3) is 0.273. The van der Waals surface area contributed by atoms with E-state index in [-0.39, 0.29) is 11.9 Å². The molecule has 0 saturated heterocycles. The number of ether oxygens (including phenoxy) is 1. The van der Waals surface area contributed by atoms with Gasteiger partial charge in [-0.2, -0.15) is 8.78 Å². The largest absolute Gasteiger partial charge is 0.481 e. The van der Waals surface area contributed by atoms with Gasteiger partial charge < -0.3 is 25.8 Å². The Hall–Kier alpha value is -4.56. The molecule has 37 heavy (non-hydrogen) atoms. The SMILES string of the molecule is C[C@H](NC(=O)C(=O)Nc1ccccn1)C(=O)N[C@@H](CCC(=O)O)C(=O)COc1c(F)c(F)cc(F)c1F. The lowest BCUT2D eigenvalue weighted by molar-refractivity contribution is -0.139. The van der Waals surface area contributed by atoms with Crippen molar-refractivity contribution < 1.29 is 51.4 Å². The molecule has 0 spiro atoms. The predicted molar refractivity (Wildman–Crippen MR) is 116 cm³/mol. The lowest BCUT2D eigenvalue weighted by Crippen LogP contribution is -2.52. The second-order valence-electron chi connectivity index (χ2n) is 7.41. The zero-order valence-electron chi connectivity index (χ0n) is 19.0. The summed E-state index contributed by atoms with van der Waals surface area (Å²) < 4.78 is 58.7. The molecular formula is C22H20F4N4O7. The Morgan fingerprint density at radius 1 is 1.00 bits per heavy atom. The summed E-state index contributed by atoms with van der Waals surface area (Å²) >= 11 is 0. The maximum Gasteiger partial charge on any atom is 0.314 e. The number of nitrogens with one attached hydrogen (secondary N) is 3. The van der Waals surface area contributed by atoms with Crippen molar-refractivity contribution in [2.24, 2.45) is 0 Å². The Morgan fingerprint density at radius 3 is 2.22 bits per heavy atom. The van der Waals surface area contributed by atoms with Crippen LogP contribution in [0.4, 0.5) is 23.4 Å². The molecule has 1 heterocycles. The molecule has 2 aromatic rings. The third-order valence-corrected chi connectivity index (χ3v) is 4.64. The number of hydrogen-bond donors (Lipinski definition) is 4. The number of aliphatic carboxylic acids is 1. The zero-order valence-corrected chi connectivity index (χ0v) is 19.0. The fourth-order valence-electron chi connectivity index (χ4n) is 2.74. The molecule has 11 nitrogen and oxygen atoms in total. The van der Waals surface area contributed by atoms with Crippen LogP contribution < -0.4 is 20.7 Å². The molecule has 2 atom stereocenters. The van der Waals surface area contributed by atoms with Crippen molar-refractivity contribution in [3.05, 3.63) is 53.7 Å². The highest BCUT2D eigenvalue weighted by molar-refractivity contribution is 6.39. The summed E-state index contributed by atoms with van der Waals surface area (Å²) in [6, 6.07) is 1.44. The number of hydrogen-bond acceptors (Lipinski definition) is 7. The molecule has 0 unspecified atom stereocenters. The molecule has 198 valence electrons. The van der Waals surface area contributed by atoms with Gasteiger partial charge in [-0.05, 0) is 25.5 Å². The van der Waals surface area contributed by atoms with Gasteiger partial charge in [-0.15, -0.1) is 0 Å². The van der Waals surface area contributed by atoms with Crippen LogP contribution in [0.2, 0.25) is 0 Å². The van der Waals surface area contributed by atoms with Gasteiger partial charge in [-0.25, -0.2) is 13.8 Å². The standard InChI is InChI=1S/C22H20F4N4O7/c1-10(28-21(35)22(36)30-15-4-2-3-7-27-15)20(34)29-13(5-6-16(32)33)14(31)9-37-19-17(25)11(23)8-12(24)18(19)26/h2-4,7-8,10,13H,5-6,9H2,1H3,(H,28,35)(H,29,34)(H,32,33)(H,27,30,36)/t10-,13-/m0/s1. The summed E-state index contributed by atoms with van der Waals surface area (Å²) in [4.78, 5) is 63.7. The van der Waals surface area contributed by atoms with Crippen molar-refractivity contribution >= 4 is 35.3 Å². The highest BCUT2D eigenvalue weighted by Crippen LogP contribution is 2.26. The summed E-state index contributed by atoms with van der Waals surface area (Å²) in [6.07, 6.45) is 0.211. The number of nitrogens with zero attached hydrogens (tertiary/aromatic N) is 1. The number of amides is 3. The Labute approximate surface area is 206 Å². The Morgan fingerprint density at radius 2 is 1.65 bits per heavy atom. The zero-order chi connectivity index (χ0) is 27.7. The van der Waals surface area contributed by atoms with Crippen molar-refractivity contribution in [1.82, 2.24) is 15.6 Å². The number of rotatable bonds is 11. The number of aromatic nitrogens is 1. The first-order chi connectivity index (χ1) is 17.4. The van der Waals surface area contributed by atoms with E-state index in [4.69, 9.17) is 5.11 Å². The monoisotopic (exact) mass is 528 g/mol. The Bertz CT molecular complexity index is 1170. The van der Waals surface area contributed by atoms with Crippen molar-refractivity contribution in [3.63, 3.8) is 0 Å². The Kier molecular flexibility index (Phi) is 10.0. The van der Waals surface area contributed by atoms with E-state index in [1.165, 1.54) is 12.3 Å². The van der Waals surface area contributed by atoms with Crippen LogP contribution in [-0.4, -0.2) is 58.3 Å². The van der Waals surface area contributed by atoms with Gasteiger partial charge >= 0.3 is 17.8 Å². The van der Waals surface area contributed by atoms with Gasteiger partial charge in [0.2, 0.25) is 17.5 Å². The summed E-state index contributed by atoms with van der Waals surface area (Å²) in [6.45, 7) is -0.0503. The smallest absolute Gasteiger partial charge is 0.314 e. The summed E-state index contributed by atoms with van der Waals surface area (Å²) in [5.74, 6) is -14.7. The molecule has 0 radical (unpaired) electrons. The third kappa shape index (κ3) is 8.26. The van der Waals surface area contributed by atoms with Crippen LogP contribution in [0, 0.1) is 23.3 Å². The van der Waals surface area contributed by atoms with Crippen LogP contribution in [0.1, 0.15) is 19.8 Å². The average molecular weight is 528 g/mol. The number of carboxylic acids is 1. The first-order valence-electron chi connectivity index (χ1n) is 10.4. The summed E-state index contributed by atoms with van der Waals surface area (Å²) in [5.41, 5.74) is 0. The van der Waals surface area contributed by atoms with Crippen LogP contribution in [0.25, 0.3) is 0 Å². The van der Waals surface area contributed by atoms with Crippen molar-refractivity contribution in [2.75, 3.05) is 11.9 Å². The van der Waals surface area contributed by atoms with Gasteiger partial charge in [0.15, 0.2) is 23.2 Å². The molecule has 3 amide bonds. The number of carbonyl (C=O) groups excluding carboxylic acids is 4. The number of anilines is 1. The van der Waals surface area contributed by atoms with Crippen LogP contribution in [-0.2, 0) is 24.0 Å². The van der Waals surface area contributed by atoms with Crippen LogP contribution in [0.15, 0.2) is 30.5 Å². The summed E-state index contributed by atoms with van der Waals surface area (Å²) in [7, 11) is 0. The van der Waals surface area contributed by atoms with E-state index in [9.17, 15) is 41.5 Å². The molecule has 0 aliphatic rings. The van der Waals surface area contributed by atoms with E-state index in [1.54, 1.807) is 12.1 Å². The fourth-order valence-corrected chi connectivity index (χ4v) is 2.74. The van der Waals surface area contributed by atoms with Gasteiger partial charge in [-0.1, -0.05) is 6.07 Å². The molecule has 1 aromatic heterocycles. The number of ketones is 1. The van der Waals surface area contributed by atoms with E-state index in [0.29, 0.717) is 0 Å².